The van der Waals surface area contributed by atoms with Gasteiger partial charge in [-0.25, -0.2) is 13.1 Å². The van der Waals surface area contributed by atoms with Crippen molar-refractivity contribution in [2.45, 2.75) is 64.3 Å². The Bertz CT molecular complexity index is 710. The molecular weight excluding hydrogens is 383 g/mol. The fourth-order valence-electron chi connectivity index (χ4n) is 2.31. The molecule has 0 saturated heterocycles. The van der Waals surface area contributed by atoms with Gasteiger partial charge in [0.1, 0.15) is 5.75 Å². The van der Waals surface area contributed by atoms with Gasteiger partial charge in [-0.2, -0.15) is 0 Å². The number of halogens is 3. The first-order chi connectivity index (χ1) is 12.1. The summed E-state index contributed by atoms with van der Waals surface area (Å²) in [5.41, 5.74) is -0.731. The number of alkyl halides is 3. The maximum Gasteiger partial charge on any atom is 0.573 e. The van der Waals surface area contributed by atoms with Gasteiger partial charge in [0.05, 0.1) is 11.5 Å². The molecular formula is C18H28F3NO4S. The topological polar surface area (TPSA) is 64.6 Å². The summed E-state index contributed by atoms with van der Waals surface area (Å²) in [6, 6.07) is 4.31. The number of hydrogen-bond donors (Lipinski definition) is 1. The molecule has 1 rings (SSSR count). The largest absolute Gasteiger partial charge is 0.573 e. The molecule has 0 atom stereocenters. The number of hydrogen-bond acceptors (Lipinski definition) is 4. The maximum atomic E-state index is 12.5. The lowest BCUT2D eigenvalue weighted by atomic mass is 9.98. The van der Waals surface area contributed by atoms with E-state index in [2.05, 4.69) is 30.2 Å². The fraction of sp³-hybridized carbons (Fsp3) is 0.667. The molecule has 9 heteroatoms. The summed E-state index contributed by atoms with van der Waals surface area (Å²) < 4.78 is 73.8. The highest BCUT2D eigenvalue weighted by Gasteiger charge is 2.32. The summed E-state index contributed by atoms with van der Waals surface area (Å²) in [7, 11) is -4.00. The summed E-state index contributed by atoms with van der Waals surface area (Å²) in [5.74, 6) is -0.584. The summed E-state index contributed by atoms with van der Waals surface area (Å²) in [5, 5.41) is 0. The first-order valence-corrected chi connectivity index (χ1v) is 10.1. The van der Waals surface area contributed by atoms with E-state index in [-0.39, 0.29) is 10.3 Å². The Morgan fingerprint density at radius 1 is 1.07 bits per heavy atom. The van der Waals surface area contributed by atoms with E-state index < -0.39 is 27.7 Å². The standard InChI is InChI=1S/C18H28F3NO4S/c1-16(2,3)13-25-11-7-10-17(4,5)22-27(23,24)15-9-6-8-14(12-15)26-18(19,20)21/h6,8-9,12,22H,7,10-11,13H2,1-5H3. The molecule has 1 aromatic rings. The summed E-state index contributed by atoms with van der Waals surface area (Å²) in [6.07, 6.45) is -3.74. The van der Waals surface area contributed by atoms with Crippen molar-refractivity contribution in [3.63, 3.8) is 0 Å². The average molecular weight is 411 g/mol. The smallest absolute Gasteiger partial charge is 0.406 e. The predicted octanol–water partition coefficient (Wildman–Crippen LogP) is 4.49. The molecule has 27 heavy (non-hydrogen) atoms. The van der Waals surface area contributed by atoms with E-state index >= 15 is 0 Å². The van der Waals surface area contributed by atoms with E-state index in [9.17, 15) is 21.6 Å². The van der Waals surface area contributed by atoms with Crippen LogP contribution in [0.3, 0.4) is 0 Å². The summed E-state index contributed by atoms with van der Waals surface area (Å²) in [6.45, 7) is 10.7. The third kappa shape index (κ3) is 9.97. The lowest BCUT2D eigenvalue weighted by Crippen LogP contribution is -2.43. The quantitative estimate of drug-likeness (QED) is 0.609. The number of benzene rings is 1. The molecule has 1 aromatic carbocycles. The highest BCUT2D eigenvalue weighted by molar-refractivity contribution is 7.89. The Balaban J connectivity index is 2.68. The summed E-state index contributed by atoms with van der Waals surface area (Å²) in [4.78, 5) is -0.290. The van der Waals surface area contributed by atoms with Gasteiger partial charge in [-0.3, -0.25) is 0 Å². The second kappa shape index (κ2) is 8.79. The predicted molar refractivity (Wildman–Crippen MR) is 97.0 cm³/mol. The van der Waals surface area contributed by atoms with Crippen LogP contribution >= 0.6 is 0 Å². The molecule has 0 aliphatic rings. The molecule has 0 saturated carbocycles. The Kier molecular flexibility index (Phi) is 7.72. The molecule has 0 aliphatic heterocycles. The molecule has 0 aliphatic carbocycles. The SMILES string of the molecule is CC(C)(C)COCCCC(C)(C)NS(=O)(=O)c1cccc(OC(F)(F)F)c1. The van der Waals surface area contributed by atoms with Crippen LogP contribution in [0.15, 0.2) is 29.2 Å². The first-order valence-electron chi connectivity index (χ1n) is 8.57. The maximum absolute atomic E-state index is 12.5. The zero-order valence-corrected chi connectivity index (χ0v) is 17.1. The average Bonchev–Trinajstić information content (AvgIpc) is 2.42. The molecule has 1 N–H and O–H groups in total. The van der Waals surface area contributed by atoms with Crippen molar-refractivity contribution in [3.8, 4) is 5.75 Å². The van der Waals surface area contributed by atoms with Crippen LogP contribution in [0.4, 0.5) is 13.2 Å². The minimum absolute atomic E-state index is 0.0562. The van der Waals surface area contributed by atoms with Crippen molar-refractivity contribution in [1.29, 1.82) is 0 Å². The summed E-state index contributed by atoms with van der Waals surface area (Å²) >= 11 is 0. The van der Waals surface area contributed by atoms with Crippen LogP contribution < -0.4 is 9.46 Å². The molecule has 0 amide bonds. The molecule has 0 radical (unpaired) electrons. The number of sulfonamides is 1. The first kappa shape index (κ1) is 23.7. The van der Waals surface area contributed by atoms with E-state index in [1.54, 1.807) is 13.8 Å². The van der Waals surface area contributed by atoms with E-state index in [0.717, 1.165) is 12.1 Å². The fourth-order valence-corrected chi connectivity index (χ4v) is 3.78. The second-order valence-corrected chi connectivity index (χ2v) is 9.91. The van der Waals surface area contributed by atoms with Gasteiger partial charge < -0.3 is 9.47 Å². The minimum atomic E-state index is -4.89. The second-order valence-electron chi connectivity index (χ2n) is 8.23. The minimum Gasteiger partial charge on any atom is -0.406 e. The van der Waals surface area contributed by atoms with Crippen LogP contribution in [0.25, 0.3) is 0 Å². The molecule has 0 aromatic heterocycles. The normalized spacial score (nSPS) is 13.6. The van der Waals surface area contributed by atoms with Gasteiger partial charge in [0.25, 0.3) is 0 Å². The zero-order chi connectivity index (χ0) is 20.9. The number of ether oxygens (including phenoxy) is 2. The zero-order valence-electron chi connectivity index (χ0n) is 16.3. The van der Waals surface area contributed by atoms with Crippen LogP contribution in [-0.4, -0.2) is 33.5 Å². The highest BCUT2D eigenvalue weighted by atomic mass is 32.2. The third-order valence-electron chi connectivity index (χ3n) is 3.39. The van der Waals surface area contributed by atoms with E-state index in [4.69, 9.17) is 4.74 Å². The lowest BCUT2D eigenvalue weighted by molar-refractivity contribution is -0.274. The van der Waals surface area contributed by atoms with Crippen molar-refractivity contribution < 1.29 is 31.1 Å². The third-order valence-corrected chi connectivity index (χ3v) is 5.08. The van der Waals surface area contributed by atoms with Crippen molar-refractivity contribution in [2.75, 3.05) is 13.2 Å². The van der Waals surface area contributed by atoms with E-state index in [1.165, 1.54) is 12.1 Å². The Labute approximate surface area is 159 Å². The van der Waals surface area contributed by atoms with Crippen molar-refractivity contribution >= 4 is 10.0 Å². The van der Waals surface area contributed by atoms with Gasteiger partial charge in [-0.1, -0.05) is 26.8 Å². The Hall–Kier alpha value is -1.32. The number of nitrogens with one attached hydrogen (secondary N) is 1. The molecule has 156 valence electrons. The van der Waals surface area contributed by atoms with Crippen LogP contribution in [0.1, 0.15) is 47.5 Å². The van der Waals surface area contributed by atoms with E-state index in [1.807, 2.05) is 0 Å². The highest BCUT2D eigenvalue weighted by Crippen LogP contribution is 2.26. The van der Waals surface area contributed by atoms with Crippen molar-refractivity contribution in [2.24, 2.45) is 5.41 Å². The van der Waals surface area contributed by atoms with Crippen LogP contribution in [-0.2, 0) is 14.8 Å². The molecule has 0 spiro atoms. The number of rotatable bonds is 9. The van der Waals surface area contributed by atoms with Gasteiger partial charge in [-0.05, 0) is 44.2 Å². The van der Waals surface area contributed by atoms with Gasteiger partial charge in [0.15, 0.2) is 0 Å². The van der Waals surface area contributed by atoms with Gasteiger partial charge >= 0.3 is 6.36 Å². The monoisotopic (exact) mass is 411 g/mol. The molecule has 0 fully saturated rings. The lowest BCUT2D eigenvalue weighted by Gasteiger charge is -2.26. The Morgan fingerprint density at radius 2 is 1.70 bits per heavy atom. The molecule has 0 bridgehead atoms. The van der Waals surface area contributed by atoms with Gasteiger partial charge in [-0.15, -0.1) is 13.2 Å². The van der Waals surface area contributed by atoms with Crippen molar-refractivity contribution in [1.82, 2.24) is 4.72 Å². The van der Waals surface area contributed by atoms with Gasteiger partial charge in [0.2, 0.25) is 10.0 Å². The molecule has 5 nitrogen and oxygen atoms in total. The van der Waals surface area contributed by atoms with Crippen LogP contribution in [0.5, 0.6) is 5.75 Å². The Morgan fingerprint density at radius 3 is 2.26 bits per heavy atom. The molecule has 0 heterocycles. The van der Waals surface area contributed by atoms with Gasteiger partial charge in [0, 0.05) is 18.2 Å². The van der Waals surface area contributed by atoms with Crippen LogP contribution in [0.2, 0.25) is 0 Å². The molecule has 0 unspecified atom stereocenters. The van der Waals surface area contributed by atoms with Crippen molar-refractivity contribution in [3.05, 3.63) is 24.3 Å². The van der Waals surface area contributed by atoms with E-state index in [0.29, 0.717) is 26.1 Å². The van der Waals surface area contributed by atoms with Crippen LogP contribution in [0, 0.1) is 5.41 Å².